The third kappa shape index (κ3) is 4.41. The summed E-state index contributed by atoms with van der Waals surface area (Å²) in [7, 11) is 0. The number of rotatable bonds is 6. The third-order valence-electron chi connectivity index (χ3n) is 7.34. The molecule has 1 aliphatic heterocycles. The molecule has 1 unspecified atom stereocenters. The molecule has 1 saturated carbocycles. The second-order valence-corrected chi connectivity index (χ2v) is 9.82. The molecule has 3 nitrogen and oxygen atoms in total. The molecule has 0 amide bonds. The standard InChI is InChI=1S/C29H31NO2/c1-21-7-5-6-10-27(21)23-11-13-24(14-12-23)28(31)20-30-18-25-16-29(32,17-26(25)19-30)15-22-8-3-2-4-9-22/h2-14,25-26,32H,15-20H2,1H3/t25-,26+,29?. The van der Waals surface area contributed by atoms with Gasteiger partial charge in [0, 0.05) is 25.1 Å². The second kappa shape index (κ2) is 8.65. The molecule has 1 aliphatic carbocycles. The number of fused-ring (bicyclic) bond motifs is 1. The van der Waals surface area contributed by atoms with Gasteiger partial charge < -0.3 is 5.11 Å². The molecule has 2 fully saturated rings. The van der Waals surface area contributed by atoms with Crippen molar-refractivity contribution in [3.63, 3.8) is 0 Å². The average Bonchev–Trinajstić information content (AvgIpc) is 3.28. The summed E-state index contributed by atoms with van der Waals surface area (Å²) in [6, 6.07) is 26.6. The monoisotopic (exact) mass is 425 g/mol. The van der Waals surface area contributed by atoms with Crippen LogP contribution in [0.25, 0.3) is 11.1 Å². The van der Waals surface area contributed by atoms with Gasteiger partial charge in [0.2, 0.25) is 0 Å². The number of ketones is 1. The van der Waals surface area contributed by atoms with Crippen LogP contribution in [-0.4, -0.2) is 41.0 Å². The summed E-state index contributed by atoms with van der Waals surface area (Å²) < 4.78 is 0. The number of carbonyl (C=O) groups is 1. The van der Waals surface area contributed by atoms with Crippen molar-refractivity contribution in [3.05, 3.63) is 95.6 Å². The van der Waals surface area contributed by atoms with E-state index in [1.807, 2.05) is 42.5 Å². The first-order valence-electron chi connectivity index (χ1n) is 11.7. The Morgan fingerprint density at radius 2 is 1.53 bits per heavy atom. The summed E-state index contributed by atoms with van der Waals surface area (Å²) in [4.78, 5) is 15.2. The van der Waals surface area contributed by atoms with E-state index in [2.05, 4.69) is 48.2 Å². The van der Waals surface area contributed by atoms with E-state index >= 15 is 0 Å². The average molecular weight is 426 g/mol. The highest BCUT2D eigenvalue weighted by molar-refractivity contribution is 5.98. The largest absolute Gasteiger partial charge is 0.390 e. The maximum absolute atomic E-state index is 12.9. The molecule has 1 heterocycles. The second-order valence-electron chi connectivity index (χ2n) is 9.82. The molecule has 3 aromatic carbocycles. The Labute approximate surface area is 190 Å². The maximum atomic E-state index is 12.9. The van der Waals surface area contributed by atoms with Gasteiger partial charge in [-0.3, -0.25) is 9.69 Å². The number of Topliss-reactive ketones (excluding diaryl/α,β-unsaturated/α-hetero) is 1. The minimum atomic E-state index is -0.599. The predicted octanol–water partition coefficient (Wildman–Crippen LogP) is 5.16. The Balaban J connectivity index is 1.17. The zero-order chi connectivity index (χ0) is 22.1. The van der Waals surface area contributed by atoms with Crippen molar-refractivity contribution in [2.45, 2.75) is 31.8 Å². The number of benzene rings is 3. The first-order valence-corrected chi connectivity index (χ1v) is 11.7. The third-order valence-corrected chi connectivity index (χ3v) is 7.34. The molecule has 3 aromatic rings. The maximum Gasteiger partial charge on any atom is 0.176 e. The molecular formula is C29H31NO2. The van der Waals surface area contributed by atoms with E-state index in [4.69, 9.17) is 0 Å². The zero-order valence-electron chi connectivity index (χ0n) is 18.7. The Morgan fingerprint density at radius 3 is 2.19 bits per heavy atom. The fourth-order valence-corrected chi connectivity index (χ4v) is 5.83. The molecule has 3 heteroatoms. The molecule has 3 atom stereocenters. The molecule has 0 radical (unpaired) electrons. The van der Waals surface area contributed by atoms with E-state index in [-0.39, 0.29) is 5.78 Å². The van der Waals surface area contributed by atoms with Crippen LogP contribution in [-0.2, 0) is 6.42 Å². The van der Waals surface area contributed by atoms with Crippen LogP contribution >= 0.6 is 0 Å². The number of hydrogen-bond donors (Lipinski definition) is 1. The van der Waals surface area contributed by atoms with Crippen molar-refractivity contribution in [2.24, 2.45) is 11.8 Å². The Hall–Kier alpha value is -2.75. The summed E-state index contributed by atoms with van der Waals surface area (Å²) >= 11 is 0. The van der Waals surface area contributed by atoms with Gasteiger partial charge in [0.1, 0.15) is 0 Å². The van der Waals surface area contributed by atoms with Gasteiger partial charge in [-0.2, -0.15) is 0 Å². The summed E-state index contributed by atoms with van der Waals surface area (Å²) in [5, 5.41) is 11.2. The highest BCUT2D eigenvalue weighted by atomic mass is 16.3. The smallest absolute Gasteiger partial charge is 0.176 e. The van der Waals surface area contributed by atoms with Crippen LogP contribution in [0.15, 0.2) is 78.9 Å². The number of carbonyl (C=O) groups excluding carboxylic acids is 1. The lowest BCUT2D eigenvalue weighted by atomic mass is 9.91. The molecule has 2 aliphatic rings. The summed E-state index contributed by atoms with van der Waals surface area (Å²) in [5.41, 5.74) is 4.98. The van der Waals surface area contributed by atoms with Crippen molar-refractivity contribution < 1.29 is 9.90 Å². The highest BCUT2D eigenvalue weighted by Crippen LogP contribution is 2.45. The molecule has 32 heavy (non-hydrogen) atoms. The fraction of sp³-hybridized carbons (Fsp3) is 0.345. The number of aryl methyl sites for hydroxylation is 1. The van der Waals surface area contributed by atoms with Gasteiger partial charge in [0.15, 0.2) is 5.78 Å². The number of aliphatic hydroxyl groups is 1. The topological polar surface area (TPSA) is 40.5 Å². The van der Waals surface area contributed by atoms with Gasteiger partial charge >= 0.3 is 0 Å². The molecule has 5 rings (SSSR count). The quantitative estimate of drug-likeness (QED) is 0.555. The molecule has 0 bridgehead atoms. The van der Waals surface area contributed by atoms with Crippen LogP contribution in [0.4, 0.5) is 0 Å². The minimum Gasteiger partial charge on any atom is -0.390 e. The fourth-order valence-electron chi connectivity index (χ4n) is 5.83. The molecular weight excluding hydrogens is 394 g/mol. The predicted molar refractivity (Wildman–Crippen MR) is 129 cm³/mol. The summed E-state index contributed by atoms with van der Waals surface area (Å²) in [6.45, 7) is 4.40. The summed E-state index contributed by atoms with van der Waals surface area (Å²) in [6.07, 6.45) is 2.40. The summed E-state index contributed by atoms with van der Waals surface area (Å²) in [5.74, 6) is 1.15. The minimum absolute atomic E-state index is 0.181. The molecule has 164 valence electrons. The zero-order valence-corrected chi connectivity index (χ0v) is 18.7. The SMILES string of the molecule is Cc1ccccc1-c1ccc(C(=O)CN2C[C@@H]3CC(O)(Cc4ccccc4)C[C@@H]3C2)cc1. The molecule has 0 aromatic heterocycles. The van der Waals surface area contributed by atoms with E-state index in [0.29, 0.717) is 18.4 Å². The van der Waals surface area contributed by atoms with Crippen LogP contribution < -0.4 is 0 Å². The van der Waals surface area contributed by atoms with Crippen LogP contribution in [0.5, 0.6) is 0 Å². The van der Waals surface area contributed by atoms with Crippen LogP contribution in [0.3, 0.4) is 0 Å². The van der Waals surface area contributed by atoms with Gasteiger partial charge in [-0.25, -0.2) is 0 Å². The highest BCUT2D eigenvalue weighted by Gasteiger charge is 2.48. The van der Waals surface area contributed by atoms with E-state index in [1.54, 1.807) is 0 Å². The van der Waals surface area contributed by atoms with Crippen LogP contribution in [0.2, 0.25) is 0 Å². The number of hydrogen-bond acceptors (Lipinski definition) is 3. The van der Waals surface area contributed by atoms with Crippen molar-refractivity contribution in [3.8, 4) is 11.1 Å². The first kappa shape index (κ1) is 21.1. The van der Waals surface area contributed by atoms with Gasteiger partial charge in [-0.15, -0.1) is 0 Å². The number of likely N-dealkylation sites (tertiary alicyclic amines) is 1. The Morgan fingerprint density at radius 1 is 0.906 bits per heavy atom. The van der Waals surface area contributed by atoms with E-state index in [0.717, 1.165) is 43.5 Å². The van der Waals surface area contributed by atoms with Crippen molar-refractivity contribution >= 4 is 5.78 Å². The lowest BCUT2D eigenvalue weighted by molar-refractivity contribution is 0.0355. The Bertz CT molecular complexity index is 1080. The number of nitrogens with zero attached hydrogens (tertiary/aromatic N) is 1. The van der Waals surface area contributed by atoms with Crippen molar-refractivity contribution in [1.82, 2.24) is 4.90 Å². The lowest BCUT2D eigenvalue weighted by Crippen LogP contribution is -2.34. The van der Waals surface area contributed by atoms with Crippen molar-refractivity contribution in [2.75, 3.05) is 19.6 Å². The molecule has 0 spiro atoms. The molecule has 1 N–H and O–H groups in total. The van der Waals surface area contributed by atoms with Crippen LogP contribution in [0.1, 0.15) is 34.3 Å². The van der Waals surface area contributed by atoms with E-state index in [9.17, 15) is 9.90 Å². The van der Waals surface area contributed by atoms with Crippen molar-refractivity contribution in [1.29, 1.82) is 0 Å². The van der Waals surface area contributed by atoms with E-state index < -0.39 is 5.60 Å². The van der Waals surface area contributed by atoms with Gasteiger partial charge in [-0.1, -0.05) is 78.9 Å². The normalized spacial score (nSPS) is 25.1. The van der Waals surface area contributed by atoms with Crippen LogP contribution in [0, 0.1) is 18.8 Å². The van der Waals surface area contributed by atoms with E-state index in [1.165, 1.54) is 16.7 Å². The van der Waals surface area contributed by atoms with Gasteiger partial charge in [0.25, 0.3) is 0 Å². The van der Waals surface area contributed by atoms with Gasteiger partial charge in [-0.05, 0) is 53.9 Å². The lowest BCUT2D eigenvalue weighted by Gasteiger charge is -2.26. The molecule has 1 saturated heterocycles. The Kier molecular flexibility index (Phi) is 5.71. The van der Waals surface area contributed by atoms with Gasteiger partial charge in [0.05, 0.1) is 12.1 Å². The first-order chi connectivity index (χ1) is 15.5.